The molecule has 1 rings (SSSR count). The molecule has 1 aromatic rings. The van der Waals surface area contributed by atoms with Crippen molar-refractivity contribution in [2.45, 2.75) is 32.9 Å². The fraction of sp³-hybridized carbons (Fsp3) is 0.500. The monoisotopic (exact) mass is 179 g/mol. The van der Waals surface area contributed by atoms with E-state index >= 15 is 0 Å². The van der Waals surface area contributed by atoms with Crippen LogP contribution < -0.4 is 11.1 Å². The molecule has 3 heteroatoms. The van der Waals surface area contributed by atoms with Crippen LogP contribution in [0, 0.1) is 0 Å². The van der Waals surface area contributed by atoms with E-state index in [1.165, 1.54) is 0 Å². The van der Waals surface area contributed by atoms with Crippen molar-refractivity contribution in [2.75, 3.05) is 5.32 Å². The van der Waals surface area contributed by atoms with Gasteiger partial charge in [0, 0.05) is 18.8 Å². The van der Waals surface area contributed by atoms with Crippen LogP contribution >= 0.6 is 0 Å². The summed E-state index contributed by atoms with van der Waals surface area (Å²) in [4.78, 5) is 4.25. The molecule has 0 bridgehead atoms. The van der Waals surface area contributed by atoms with E-state index in [1.54, 1.807) is 0 Å². The van der Waals surface area contributed by atoms with Crippen LogP contribution in [-0.4, -0.2) is 11.0 Å². The average Bonchev–Trinajstić information content (AvgIpc) is 2.19. The van der Waals surface area contributed by atoms with E-state index in [-0.39, 0.29) is 0 Å². The van der Waals surface area contributed by atoms with Crippen LogP contribution in [0.25, 0.3) is 0 Å². The summed E-state index contributed by atoms with van der Waals surface area (Å²) in [5.74, 6) is 0.923. The number of nitrogens with zero attached hydrogens (tertiary/aromatic N) is 1. The number of hydrogen-bond acceptors (Lipinski definition) is 3. The minimum Gasteiger partial charge on any atom is -0.368 e. The van der Waals surface area contributed by atoms with Crippen molar-refractivity contribution in [3.8, 4) is 0 Å². The lowest BCUT2D eigenvalue weighted by atomic mass is 10.2. The summed E-state index contributed by atoms with van der Waals surface area (Å²) in [6, 6.07) is 4.43. The van der Waals surface area contributed by atoms with Crippen LogP contribution in [0.1, 0.15) is 25.8 Å². The number of hydrogen-bond donors (Lipinski definition) is 2. The third-order valence-corrected chi connectivity index (χ3v) is 2.07. The molecule has 1 atom stereocenters. The largest absolute Gasteiger partial charge is 0.368 e. The summed E-state index contributed by atoms with van der Waals surface area (Å²) in [5, 5.41) is 3.29. The van der Waals surface area contributed by atoms with E-state index in [1.807, 2.05) is 18.3 Å². The third-order valence-electron chi connectivity index (χ3n) is 2.07. The SMILES string of the molecule is CCC(C)Nc1ccc(CN)cn1. The number of nitrogens with one attached hydrogen (secondary N) is 1. The molecule has 0 amide bonds. The van der Waals surface area contributed by atoms with Crippen LogP contribution in [0.5, 0.6) is 0 Å². The highest BCUT2D eigenvalue weighted by Crippen LogP contribution is 2.06. The van der Waals surface area contributed by atoms with Crippen LogP contribution in [0.4, 0.5) is 5.82 Å². The van der Waals surface area contributed by atoms with E-state index in [4.69, 9.17) is 5.73 Å². The lowest BCUT2D eigenvalue weighted by molar-refractivity contribution is 0.759. The molecule has 0 aliphatic heterocycles. The van der Waals surface area contributed by atoms with E-state index in [9.17, 15) is 0 Å². The van der Waals surface area contributed by atoms with Crippen molar-refractivity contribution in [3.05, 3.63) is 23.9 Å². The summed E-state index contributed by atoms with van der Waals surface area (Å²) in [7, 11) is 0. The van der Waals surface area contributed by atoms with Gasteiger partial charge in [0.15, 0.2) is 0 Å². The van der Waals surface area contributed by atoms with E-state index < -0.39 is 0 Å². The maximum absolute atomic E-state index is 5.47. The van der Waals surface area contributed by atoms with Gasteiger partial charge in [-0.05, 0) is 25.0 Å². The average molecular weight is 179 g/mol. The van der Waals surface area contributed by atoms with Crippen LogP contribution in [0.2, 0.25) is 0 Å². The van der Waals surface area contributed by atoms with Gasteiger partial charge < -0.3 is 11.1 Å². The van der Waals surface area contributed by atoms with Gasteiger partial charge >= 0.3 is 0 Å². The van der Waals surface area contributed by atoms with Gasteiger partial charge in [0.2, 0.25) is 0 Å². The van der Waals surface area contributed by atoms with Gasteiger partial charge in [-0.15, -0.1) is 0 Å². The summed E-state index contributed by atoms with van der Waals surface area (Å²) in [6.07, 6.45) is 2.91. The quantitative estimate of drug-likeness (QED) is 0.740. The van der Waals surface area contributed by atoms with Gasteiger partial charge in [0.1, 0.15) is 5.82 Å². The Balaban J connectivity index is 2.58. The predicted molar refractivity (Wildman–Crippen MR) is 55.5 cm³/mol. The third kappa shape index (κ3) is 3.03. The van der Waals surface area contributed by atoms with Crippen LogP contribution in [0.15, 0.2) is 18.3 Å². The van der Waals surface area contributed by atoms with Crippen molar-refractivity contribution < 1.29 is 0 Å². The first-order valence-electron chi connectivity index (χ1n) is 4.67. The lowest BCUT2D eigenvalue weighted by Crippen LogP contribution is -2.14. The van der Waals surface area contributed by atoms with E-state index in [0.717, 1.165) is 17.8 Å². The maximum Gasteiger partial charge on any atom is 0.126 e. The number of aromatic nitrogens is 1. The molecule has 0 saturated carbocycles. The fourth-order valence-corrected chi connectivity index (χ4v) is 0.985. The number of rotatable bonds is 4. The minimum atomic E-state index is 0.469. The molecule has 1 aromatic heterocycles. The minimum absolute atomic E-state index is 0.469. The molecule has 0 saturated heterocycles. The van der Waals surface area contributed by atoms with Gasteiger partial charge in [0.25, 0.3) is 0 Å². The van der Waals surface area contributed by atoms with Gasteiger partial charge in [-0.1, -0.05) is 13.0 Å². The molecule has 3 nitrogen and oxygen atoms in total. The summed E-state index contributed by atoms with van der Waals surface area (Å²) in [6.45, 7) is 4.83. The molecule has 72 valence electrons. The number of pyridine rings is 1. The standard InChI is InChI=1S/C10H17N3/c1-3-8(2)13-10-5-4-9(6-11)7-12-10/h4-5,7-8H,3,6,11H2,1-2H3,(H,12,13). The first-order chi connectivity index (χ1) is 6.26. The second kappa shape index (κ2) is 4.82. The van der Waals surface area contributed by atoms with Crippen LogP contribution in [-0.2, 0) is 6.54 Å². The van der Waals surface area contributed by atoms with Crippen molar-refractivity contribution in [1.82, 2.24) is 4.98 Å². The van der Waals surface area contributed by atoms with Gasteiger partial charge in [-0.25, -0.2) is 4.98 Å². The number of nitrogens with two attached hydrogens (primary N) is 1. The summed E-state index contributed by atoms with van der Waals surface area (Å²) in [5.41, 5.74) is 6.53. The van der Waals surface area contributed by atoms with Gasteiger partial charge in [0.05, 0.1) is 0 Å². The molecule has 0 radical (unpaired) electrons. The second-order valence-corrected chi connectivity index (χ2v) is 3.21. The van der Waals surface area contributed by atoms with Crippen LogP contribution in [0.3, 0.4) is 0 Å². The molecule has 0 spiro atoms. The predicted octanol–water partition coefficient (Wildman–Crippen LogP) is 1.75. The normalized spacial score (nSPS) is 12.5. The van der Waals surface area contributed by atoms with E-state index in [0.29, 0.717) is 12.6 Å². The summed E-state index contributed by atoms with van der Waals surface area (Å²) < 4.78 is 0. The van der Waals surface area contributed by atoms with Crippen molar-refractivity contribution in [3.63, 3.8) is 0 Å². The molecule has 0 aliphatic carbocycles. The van der Waals surface area contributed by atoms with Gasteiger partial charge in [-0.3, -0.25) is 0 Å². The highest BCUT2D eigenvalue weighted by Gasteiger charge is 1.98. The first kappa shape index (κ1) is 9.99. The van der Waals surface area contributed by atoms with Crippen molar-refractivity contribution >= 4 is 5.82 Å². The first-order valence-corrected chi connectivity index (χ1v) is 4.67. The Morgan fingerprint density at radius 3 is 2.77 bits per heavy atom. The maximum atomic E-state index is 5.47. The zero-order valence-corrected chi connectivity index (χ0v) is 8.25. The topological polar surface area (TPSA) is 50.9 Å². The van der Waals surface area contributed by atoms with E-state index in [2.05, 4.69) is 24.1 Å². The molecule has 0 fully saturated rings. The zero-order chi connectivity index (χ0) is 9.68. The Kier molecular flexibility index (Phi) is 3.71. The van der Waals surface area contributed by atoms with Crippen molar-refractivity contribution in [1.29, 1.82) is 0 Å². The Hall–Kier alpha value is -1.09. The molecule has 3 N–H and O–H groups in total. The Morgan fingerprint density at radius 1 is 1.54 bits per heavy atom. The Labute approximate surface area is 79.4 Å². The van der Waals surface area contributed by atoms with Crippen molar-refractivity contribution in [2.24, 2.45) is 5.73 Å². The highest BCUT2D eigenvalue weighted by molar-refractivity contribution is 5.36. The fourth-order valence-electron chi connectivity index (χ4n) is 0.985. The molecule has 1 unspecified atom stereocenters. The molecule has 0 aromatic carbocycles. The molecule has 1 heterocycles. The second-order valence-electron chi connectivity index (χ2n) is 3.21. The molecular weight excluding hydrogens is 162 g/mol. The molecule has 13 heavy (non-hydrogen) atoms. The lowest BCUT2D eigenvalue weighted by Gasteiger charge is -2.11. The molecular formula is C10H17N3. The molecule has 0 aliphatic rings. The number of anilines is 1. The highest BCUT2D eigenvalue weighted by atomic mass is 15.0. The Morgan fingerprint density at radius 2 is 2.31 bits per heavy atom. The summed E-state index contributed by atoms with van der Waals surface area (Å²) >= 11 is 0. The van der Waals surface area contributed by atoms with Gasteiger partial charge in [-0.2, -0.15) is 0 Å². The Bertz CT molecular complexity index is 243. The zero-order valence-electron chi connectivity index (χ0n) is 8.25. The smallest absolute Gasteiger partial charge is 0.126 e.